The topological polar surface area (TPSA) is 76.7 Å². The fourth-order valence-corrected chi connectivity index (χ4v) is 3.04. The van der Waals surface area contributed by atoms with Gasteiger partial charge in [0.25, 0.3) is 0 Å². The summed E-state index contributed by atoms with van der Waals surface area (Å²) < 4.78 is 8.20. The third-order valence-electron chi connectivity index (χ3n) is 2.64. The monoisotopic (exact) mass is 283 g/mol. The van der Waals surface area contributed by atoms with Crippen LogP contribution in [0.2, 0.25) is 0 Å². The summed E-state index contributed by atoms with van der Waals surface area (Å²) in [5.41, 5.74) is 4.85. The van der Waals surface area contributed by atoms with Gasteiger partial charge in [0.1, 0.15) is 0 Å². The second kappa shape index (κ2) is 5.40. The Labute approximate surface area is 115 Å². The highest BCUT2D eigenvalue weighted by Crippen LogP contribution is 2.26. The molecule has 0 aliphatic heterocycles. The van der Waals surface area contributed by atoms with Crippen molar-refractivity contribution < 1.29 is 0 Å². The van der Waals surface area contributed by atoms with Crippen molar-refractivity contribution in [2.75, 3.05) is 0 Å². The number of nitrogens with zero attached hydrogens (tertiary/aromatic N) is 3. The highest BCUT2D eigenvalue weighted by Gasteiger charge is 2.20. The molecule has 0 aliphatic rings. The number of hydrazine groups is 1. The predicted molar refractivity (Wildman–Crippen MR) is 74.5 cm³/mol. The van der Waals surface area contributed by atoms with Crippen molar-refractivity contribution in [3.8, 4) is 0 Å². The van der Waals surface area contributed by atoms with Crippen LogP contribution in [0.25, 0.3) is 0 Å². The first-order valence-corrected chi connectivity index (χ1v) is 7.30. The van der Waals surface area contributed by atoms with E-state index >= 15 is 0 Å². The SMILES string of the molecule is CC(C)(C)c1csc(CC(NN)c2cnsn2)n1. The lowest BCUT2D eigenvalue weighted by atomic mass is 9.93. The zero-order valence-corrected chi connectivity index (χ0v) is 12.3. The fraction of sp³-hybridized carbons (Fsp3) is 0.545. The van der Waals surface area contributed by atoms with Crippen molar-refractivity contribution in [1.82, 2.24) is 19.2 Å². The maximum Gasteiger partial charge on any atom is 0.0948 e. The third kappa shape index (κ3) is 3.11. The number of thiazole rings is 1. The summed E-state index contributed by atoms with van der Waals surface area (Å²) in [5, 5.41) is 3.18. The molecule has 0 bridgehead atoms. The molecule has 2 aromatic heterocycles. The Morgan fingerprint density at radius 3 is 2.72 bits per heavy atom. The molecule has 1 unspecified atom stereocenters. The summed E-state index contributed by atoms with van der Waals surface area (Å²) in [6.07, 6.45) is 2.48. The van der Waals surface area contributed by atoms with E-state index in [9.17, 15) is 0 Å². The maximum absolute atomic E-state index is 5.57. The Balaban J connectivity index is 2.11. The van der Waals surface area contributed by atoms with Crippen molar-refractivity contribution in [2.45, 2.75) is 38.6 Å². The van der Waals surface area contributed by atoms with E-state index in [4.69, 9.17) is 5.84 Å². The lowest BCUT2D eigenvalue weighted by molar-refractivity contribution is 0.533. The van der Waals surface area contributed by atoms with Crippen molar-refractivity contribution >= 4 is 23.1 Å². The van der Waals surface area contributed by atoms with Crippen molar-refractivity contribution in [1.29, 1.82) is 0 Å². The summed E-state index contributed by atoms with van der Waals surface area (Å²) in [6, 6.07) is -0.0253. The molecule has 0 amide bonds. The van der Waals surface area contributed by atoms with Crippen LogP contribution in [0.5, 0.6) is 0 Å². The van der Waals surface area contributed by atoms with E-state index in [-0.39, 0.29) is 11.5 Å². The van der Waals surface area contributed by atoms with E-state index in [1.54, 1.807) is 17.5 Å². The Morgan fingerprint density at radius 1 is 1.44 bits per heavy atom. The molecule has 0 saturated heterocycles. The molecule has 0 spiro atoms. The van der Waals surface area contributed by atoms with Crippen LogP contribution in [0.1, 0.15) is 43.2 Å². The summed E-state index contributed by atoms with van der Waals surface area (Å²) in [6.45, 7) is 6.48. The summed E-state index contributed by atoms with van der Waals surface area (Å²) in [5.74, 6) is 5.57. The second-order valence-corrected chi connectivity index (χ2v) is 6.63. The van der Waals surface area contributed by atoms with Gasteiger partial charge in [0.05, 0.1) is 40.4 Å². The molecule has 0 aromatic carbocycles. The van der Waals surface area contributed by atoms with Gasteiger partial charge in [-0.25, -0.2) is 4.98 Å². The van der Waals surface area contributed by atoms with Crippen molar-refractivity contribution in [2.24, 2.45) is 5.84 Å². The molecule has 1 atom stereocenters. The van der Waals surface area contributed by atoms with Gasteiger partial charge < -0.3 is 0 Å². The highest BCUT2D eigenvalue weighted by atomic mass is 32.1. The maximum atomic E-state index is 5.57. The van der Waals surface area contributed by atoms with Crippen molar-refractivity contribution in [3.05, 3.63) is 28.0 Å². The van der Waals surface area contributed by atoms with Gasteiger partial charge >= 0.3 is 0 Å². The lowest BCUT2D eigenvalue weighted by Gasteiger charge is -2.14. The van der Waals surface area contributed by atoms with Crippen LogP contribution in [0.15, 0.2) is 11.6 Å². The average molecular weight is 283 g/mol. The van der Waals surface area contributed by atoms with Gasteiger partial charge in [0, 0.05) is 17.2 Å². The molecule has 0 radical (unpaired) electrons. The minimum absolute atomic E-state index is 0.0253. The van der Waals surface area contributed by atoms with E-state index in [0.717, 1.165) is 22.8 Å². The van der Waals surface area contributed by atoms with Gasteiger partial charge in [0.2, 0.25) is 0 Å². The first-order chi connectivity index (χ1) is 8.50. The van der Waals surface area contributed by atoms with Crippen LogP contribution in [0.3, 0.4) is 0 Å². The minimum atomic E-state index is -0.0253. The molecular formula is C11H17N5S2. The standard InChI is InChI=1S/C11H17N5S2/c1-11(2,3)9-6-17-10(14-9)4-7(15-12)8-5-13-18-16-8/h5-7,15H,4,12H2,1-3H3. The number of hydrogen-bond acceptors (Lipinski definition) is 7. The third-order valence-corrected chi connectivity index (χ3v) is 4.00. The second-order valence-electron chi connectivity index (χ2n) is 5.13. The zero-order valence-electron chi connectivity index (χ0n) is 10.7. The number of hydrogen-bond donors (Lipinski definition) is 2. The van der Waals surface area contributed by atoms with Crippen molar-refractivity contribution in [3.63, 3.8) is 0 Å². The van der Waals surface area contributed by atoms with E-state index in [1.807, 2.05) is 0 Å². The normalized spacial score (nSPS) is 13.8. The van der Waals surface area contributed by atoms with Gasteiger partial charge in [-0.05, 0) is 0 Å². The Morgan fingerprint density at radius 2 is 2.22 bits per heavy atom. The highest BCUT2D eigenvalue weighted by molar-refractivity contribution is 7.09. The Hall–Kier alpha value is -0.890. The summed E-state index contributed by atoms with van der Waals surface area (Å²) >= 11 is 2.86. The molecule has 2 aromatic rings. The summed E-state index contributed by atoms with van der Waals surface area (Å²) in [4.78, 5) is 4.66. The summed E-state index contributed by atoms with van der Waals surface area (Å²) in [7, 11) is 0. The van der Waals surface area contributed by atoms with E-state index < -0.39 is 0 Å². The van der Waals surface area contributed by atoms with Gasteiger partial charge in [-0.15, -0.1) is 11.3 Å². The largest absolute Gasteiger partial charge is 0.271 e. The fourth-order valence-electron chi connectivity index (χ4n) is 1.50. The molecule has 0 saturated carbocycles. The van der Waals surface area contributed by atoms with Gasteiger partial charge in [-0.1, -0.05) is 20.8 Å². The van der Waals surface area contributed by atoms with Gasteiger partial charge in [0.15, 0.2) is 0 Å². The number of aromatic nitrogens is 3. The number of nitrogens with one attached hydrogen (secondary N) is 1. The van der Waals surface area contributed by atoms with Crippen LogP contribution in [-0.4, -0.2) is 13.7 Å². The Bertz CT molecular complexity index is 486. The molecule has 2 heterocycles. The molecule has 0 fully saturated rings. The predicted octanol–water partition coefficient (Wildman–Crippen LogP) is 2.04. The lowest BCUT2D eigenvalue weighted by Crippen LogP contribution is -2.29. The zero-order chi connectivity index (χ0) is 13.2. The first-order valence-electron chi connectivity index (χ1n) is 5.69. The average Bonchev–Trinajstić information content (AvgIpc) is 2.95. The number of rotatable bonds is 4. The molecule has 7 heteroatoms. The van der Waals surface area contributed by atoms with Crippen LogP contribution in [0.4, 0.5) is 0 Å². The molecule has 18 heavy (non-hydrogen) atoms. The quantitative estimate of drug-likeness (QED) is 0.663. The Kier molecular flexibility index (Phi) is 4.06. The molecule has 0 aliphatic carbocycles. The first kappa shape index (κ1) is 13.5. The molecule has 5 nitrogen and oxygen atoms in total. The molecule has 3 N–H and O–H groups in total. The number of nitrogens with two attached hydrogens (primary N) is 1. The van der Waals surface area contributed by atoms with Crippen LogP contribution >= 0.6 is 23.1 Å². The van der Waals surface area contributed by atoms with E-state index in [1.165, 1.54) is 11.7 Å². The van der Waals surface area contributed by atoms with Gasteiger partial charge in [-0.3, -0.25) is 11.3 Å². The minimum Gasteiger partial charge on any atom is -0.271 e. The molecule has 2 rings (SSSR count). The molecule has 98 valence electrons. The van der Waals surface area contributed by atoms with Gasteiger partial charge in [-0.2, -0.15) is 8.75 Å². The van der Waals surface area contributed by atoms with E-state index in [2.05, 4.69) is 45.3 Å². The van der Waals surface area contributed by atoms with Crippen LogP contribution < -0.4 is 11.3 Å². The smallest absolute Gasteiger partial charge is 0.0948 e. The van der Waals surface area contributed by atoms with Crippen LogP contribution in [-0.2, 0) is 11.8 Å². The van der Waals surface area contributed by atoms with E-state index in [0.29, 0.717) is 0 Å². The molecular weight excluding hydrogens is 266 g/mol. The van der Waals surface area contributed by atoms with Crippen LogP contribution in [0, 0.1) is 0 Å².